The van der Waals surface area contributed by atoms with Gasteiger partial charge in [-0.25, -0.2) is 0 Å². The fourth-order valence-electron chi connectivity index (χ4n) is 2.99. The van der Waals surface area contributed by atoms with Gasteiger partial charge in [-0.2, -0.15) is 0 Å². The van der Waals surface area contributed by atoms with E-state index in [4.69, 9.17) is 4.74 Å². The summed E-state index contributed by atoms with van der Waals surface area (Å²) in [5, 5.41) is 5.55. The van der Waals surface area contributed by atoms with Crippen molar-refractivity contribution in [3.63, 3.8) is 0 Å². The number of unbranched alkanes of at least 4 members (excludes halogenated alkanes) is 1. The van der Waals surface area contributed by atoms with Crippen LogP contribution in [0.2, 0.25) is 0 Å². The van der Waals surface area contributed by atoms with E-state index in [1.54, 1.807) is 49.4 Å². The lowest BCUT2D eigenvalue weighted by atomic mass is 10.1. The Kier molecular flexibility index (Phi) is 6.61. The van der Waals surface area contributed by atoms with Crippen molar-refractivity contribution in [2.45, 2.75) is 32.8 Å². The lowest BCUT2D eigenvalue weighted by Crippen LogP contribution is -2.42. The molecule has 0 radical (unpaired) electrons. The topological polar surface area (TPSA) is 87.7 Å². The number of carbonyl (C=O) groups excluding carboxylic acids is 3. The van der Waals surface area contributed by atoms with Crippen molar-refractivity contribution < 1.29 is 19.1 Å². The van der Waals surface area contributed by atoms with Crippen molar-refractivity contribution in [1.29, 1.82) is 0 Å². The first-order valence-corrected chi connectivity index (χ1v) is 9.73. The molecule has 1 aliphatic rings. The van der Waals surface area contributed by atoms with E-state index in [1.807, 2.05) is 6.07 Å². The smallest absolute Gasteiger partial charge is 0.258 e. The quantitative estimate of drug-likeness (QED) is 0.703. The minimum absolute atomic E-state index is 0.0407. The molecule has 0 saturated heterocycles. The van der Waals surface area contributed by atoms with Crippen molar-refractivity contribution >= 4 is 34.8 Å². The Balaban J connectivity index is 1.67. The second-order valence-corrected chi connectivity index (χ2v) is 6.89. The van der Waals surface area contributed by atoms with Gasteiger partial charge in [-0.15, -0.1) is 0 Å². The van der Waals surface area contributed by atoms with Gasteiger partial charge >= 0.3 is 0 Å². The summed E-state index contributed by atoms with van der Waals surface area (Å²) in [7, 11) is 0. The van der Waals surface area contributed by atoms with Gasteiger partial charge < -0.3 is 15.4 Å². The zero-order valence-electron chi connectivity index (χ0n) is 16.6. The number of amides is 3. The highest BCUT2D eigenvalue weighted by molar-refractivity contribution is 6.15. The Hall–Kier alpha value is -3.19. The molecule has 2 aromatic carbocycles. The molecule has 0 saturated carbocycles. The molecule has 2 N–H and O–H groups in total. The van der Waals surface area contributed by atoms with Crippen LogP contribution in [0.25, 0.3) is 0 Å². The molecule has 1 aliphatic heterocycles. The number of para-hydroxylation sites is 2. The zero-order valence-corrected chi connectivity index (χ0v) is 16.6. The second kappa shape index (κ2) is 9.34. The molecule has 1 unspecified atom stereocenters. The Labute approximate surface area is 170 Å². The van der Waals surface area contributed by atoms with Gasteiger partial charge in [0.1, 0.15) is 12.6 Å². The number of nitrogens with zero attached hydrogens (tertiary/aromatic N) is 1. The molecule has 3 rings (SSSR count). The molecule has 7 nitrogen and oxygen atoms in total. The van der Waals surface area contributed by atoms with Crippen LogP contribution in [0, 0.1) is 0 Å². The number of nitrogens with one attached hydrogen (secondary N) is 2. The molecule has 29 heavy (non-hydrogen) atoms. The van der Waals surface area contributed by atoms with Gasteiger partial charge in [0.2, 0.25) is 5.91 Å². The maximum atomic E-state index is 12.9. The van der Waals surface area contributed by atoms with E-state index in [1.165, 1.54) is 4.90 Å². The summed E-state index contributed by atoms with van der Waals surface area (Å²) in [5.41, 5.74) is 2.28. The zero-order chi connectivity index (χ0) is 20.8. The number of rotatable bonds is 7. The van der Waals surface area contributed by atoms with Gasteiger partial charge in [0, 0.05) is 17.9 Å². The van der Waals surface area contributed by atoms with E-state index < -0.39 is 6.10 Å². The fourth-order valence-corrected chi connectivity index (χ4v) is 2.99. The average molecular weight is 395 g/mol. The third-order valence-corrected chi connectivity index (χ3v) is 4.65. The lowest BCUT2D eigenvalue weighted by Gasteiger charge is -2.29. The van der Waals surface area contributed by atoms with Gasteiger partial charge in [-0.1, -0.05) is 25.5 Å². The molecule has 1 atom stereocenters. The van der Waals surface area contributed by atoms with Crippen LogP contribution in [0.5, 0.6) is 0 Å². The Bertz CT molecular complexity index is 895. The molecule has 0 spiro atoms. The van der Waals surface area contributed by atoms with Crippen LogP contribution in [0.15, 0.2) is 48.5 Å². The number of hydrogen-bond acceptors (Lipinski definition) is 4. The summed E-state index contributed by atoms with van der Waals surface area (Å²) in [5.74, 6) is -0.749. The monoisotopic (exact) mass is 395 g/mol. The highest BCUT2D eigenvalue weighted by Crippen LogP contribution is 2.30. The van der Waals surface area contributed by atoms with Crippen molar-refractivity contribution in [1.82, 2.24) is 0 Å². The van der Waals surface area contributed by atoms with Gasteiger partial charge in [0.05, 0.1) is 11.4 Å². The van der Waals surface area contributed by atoms with Crippen LogP contribution in [0.3, 0.4) is 0 Å². The Morgan fingerprint density at radius 2 is 1.90 bits per heavy atom. The molecule has 0 fully saturated rings. The van der Waals surface area contributed by atoms with Crippen LogP contribution in [-0.2, 0) is 14.3 Å². The van der Waals surface area contributed by atoms with E-state index >= 15 is 0 Å². The standard InChI is InChI=1S/C22H25N3O4/c1-3-4-13-29-15(2)21(27)23-17-11-9-16(10-12-17)22(28)25-14-20(26)24-18-7-5-6-8-19(18)25/h5-12,15H,3-4,13-14H2,1-2H3,(H,23,27)(H,24,26). The van der Waals surface area contributed by atoms with Crippen molar-refractivity contribution in [3.8, 4) is 0 Å². The molecule has 7 heteroatoms. The van der Waals surface area contributed by atoms with Gasteiger partial charge in [-0.3, -0.25) is 19.3 Å². The third kappa shape index (κ3) is 5.00. The highest BCUT2D eigenvalue weighted by atomic mass is 16.5. The number of fused-ring (bicyclic) bond motifs is 1. The van der Waals surface area contributed by atoms with Gasteiger partial charge in [0.15, 0.2) is 0 Å². The molecule has 0 aliphatic carbocycles. The van der Waals surface area contributed by atoms with Crippen molar-refractivity contribution in [3.05, 3.63) is 54.1 Å². The molecule has 1 heterocycles. The summed E-state index contributed by atoms with van der Waals surface area (Å²) in [4.78, 5) is 38.5. The van der Waals surface area contributed by atoms with Crippen LogP contribution < -0.4 is 15.5 Å². The molecular weight excluding hydrogens is 370 g/mol. The number of anilines is 3. The number of hydrogen-bond donors (Lipinski definition) is 2. The molecule has 2 aromatic rings. The summed E-state index contributed by atoms with van der Waals surface area (Å²) >= 11 is 0. The summed E-state index contributed by atoms with van der Waals surface area (Å²) in [6.45, 7) is 4.28. The summed E-state index contributed by atoms with van der Waals surface area (Å²) in [6.07, 6.45) is 1.37. The lowest BCUT2D eigenvalue weighted by molar-refractivity contribution is -0.126. The number of benzene rings is 2. The Morgan fingerprint density at radius 1 is 1.17 bits per heavy atom. The minimum atomic E-state index is -0.550. The average Bonchev–Trinajstić information content (AvgIpc) is 2.73. The Morgan fingerprint density at radius 3 is 2.62 bits per heavy atom. The van der Waals surface area contributed by atoms with Crippen LogP contribution >= 0.6 is 0 Å². The maximum absolute atomic E-state index is 12.9. The van der Waals surface area contributed by atoms with E-state index in [0.29, 0.717) is 29.2 Å². The van der Waals surface area contributed by atoms with Crippen LogP contribution in [0.1, 0.15) is 37.0 Å². The fraction of sp³-hybridized carbons (Fsp3) is 0.318. The summed E-state index contributed by atoms with van der Waals surface area (Å²) in [6, 6.07) is 13.8. The maximum Gasteiger partial charge on any atom is 0.258 e. The number of carbonyl (C=O) groups is 3. The number of ether oxygens (including phenoxy) is 1. The summed E-state index contributed by atoms with van der Waals surface area (Å²) < 4.78 is 5.49. The SMILES string of the molecule is CCCCOC(C)C(=O)Nc1ccc(C(=O)N2CC(=O)Nc3ccccc32)cc1. The first-order chi connectivity index (χ1) is 14.0. The predicted molar refractivity (Wildman–Crippen MR) is 112 cm³/mol. The van der Waals surface area contributed by atoms with Crippen LogP contribution in [-0.4, -0.2) is 37.0 Å². The molecule has 3 amide bonds. The predicted octanol–water partition coefficient (Wildman–Crippen LogP) is 3.43. The highest BCUT2D eigenvalue weighted by Gasteiger charge is 2.27. The normalized spacial score (nSPS) is 14.0. The van der Waals surface area contributed by atoms with Gasteiger partial charge in [-0.05, 0) is 49.7 Å². The van der Waals surface area contributed by atoms with Gasteiger partial charge in [0.25, 0.3) is 11.8 Å². The largest absolute Gasteiger partial charge is 0.369 e. The van der Waals surface area contributed by atoms with E-state index in [-0.39, 0.29) is 24.3 Å². The van der Waals surface area contributed by atoms with Crippen LogP contribution in [0.4, 0.5) is 17.1 Å². The van der Waals surface area contributed by atoms with E-state index in [2.05, 4.69) is 17.6 Å². The third-order valence-electron chi connectivity index (χ3n) is 4.65. The second-order valence-electron chi connectivity index (χ2n) is 6.89. The first-order valence-electron chi connectivity index (χ1n) is 9.73. The molecule has 0 bridgehead atoms. The van der Waals surface area contributed by atoms with E-state index in [0.717, 1.165) is 12.8 Å². The molecule has 0 aromatic heterocycles. The molecular formula is C22H25N3O4. The van der Waals surface area contributed by atoms with Crippen molar-refractivity contribution in [2.24, 2.45) is 0 Å². The molecule has 152 valence electrons. The first kappa shape index (κ1) is 20.5. The minimum Gasteiger partial charge on any atom is -0.369 e. The van der Waals surface area contributed by atoms with E-state index in [9.17, 15) is 14.4 Å². The van der Waals surface area contributed by atoms with Crippen molar-refractivity contribution in [2.75, 3.05) is 28.7 Å².